The summed E-state index contributed by atoms with van der Waals surface area (Å²) in [5.74, 6) is 0. The van der Waals surface area contributed by atoms with E-state index in [1.165, 1.54) is 11.1 Å². The monoisotopic (exact) mass is 339 g/mol. The highest BCUT2D eigenvalue weighted by molar-refractivity contribution is 5.74. The van der Waals surface area contributed by atoms with Crippen molar-refractivity contribution in [3.05, 3.63) is 95.8 Å². The lowest BCUT2D eigenvalue weighted by atomic mass is 9.68. The molecule has 0 saturated carbocycles. The van der Waals surface area contributed by atoms with Gasteiger partial charge in [-0.05, 0) is 23.3 Å². The van der Waals surface area contributed by atoms with Crippen molar-refractivity contribution in [2.45, 2.75) is 11.8 Å². The van der Waals surface area contributed by atoms with Gasteiger partial charge >= 0.3 is 0 Å². The molecular formula is C21H17N5. The molecule has 5 heteroatoms. The van der Waals surface area contributed by atoms with Gasteiger partial charge in [0, 0.05) is 35.5 Å². The molecule has 1 atom stereocenters. The third-order valence-electron chi connectivity index (χ3n) is 5.11. The van der Waals surface area contributed by atoms with Crippen LogP contribution in [0.15, 0.2) is 73.5 Å². The highest BCUT2D eigenvalue weighted by Crippen LogP contribution is 2.42. The molecule has 0 fully saturated rings. The number of hydrogen-bond acceptors (Lipinski definition) is 3. The number of fused-ring (bicyclic) bond motifs is 1. The molecule has 126 valence electrons. The Balaban J connectivity index is 1.67. The standard InChI is InChI=1S/C21H17N5/c1-2-4-15(5-3-1)21(16-7-10-22-11-8-16)9-6-17-18(12-21)25-26-20(17)19-13-23-14-24-19/h1-11,13-14H,12H2,(H,23,24)(H,25,26). The van der Waals surface area contributed by atoms with E-state index in [0.29, 0.717) is 0 Å². The summed E-state index contributed by atoms with van der Waals surface area (Å²) < 4.78 is 0. The Morgan fingerprint density at radius 3 is 2.50 bits per heavy atom. The van der Waals surface area contributed by atoms with Crippen molar-refractivity contribution in [1.82, 2.24) is 25.1 Å². The molecule has 0 aliphatic heterocycles. The minimum atomic E-state index is -0.241. The highest BCUT2D eigenvalue weighted by atomic mass is 15.1. The molecule has 0 saturated heterocycles. The molecule has 1 aliphatic rings. The molecule has 5 rings (SSSR count). The zero-order chi connectivity index (χ0) is 17.4. The van der Waals surface area contributed by atoms with Crippen LogP contribution in [0, 0.1) is 0 Å². The van der Waals surface area contributed by atoms with Gasteiger partial charge in [-0.3, -0.25) is 10.1 Å². The maximum Gasteiger partial charge on any atom is 0.117 e. The smallest absolute Gasteiger partial charge is 0.117 e. The number of hydrogen-bond donors (Lipinski definition) is 2. The summed E-state index contributed by atoms with van der Waals surface area (Å²) in [5.41, 5.74) is 6.31. The average molecular weight is 339 g/mol. The Kier molecular flexibility index (Phi) is 3.31. The number of nitrogens with zero attached hydrogens (tertiary/aromatic N) is 3. The van der Waals surface area contributed by atoms with E-state index in [1.807, 2.05) is 18.5 Å². The van der Waals surface area contributed by atoms with Crippen molar-refractivity contribution < 1.29 is 0 Å². The Labute approximate surface area is 150 Å². The third kappa shape index (κ3) is 2.21. The largest absolute Gasteiger partial charge is 0.343 e. The van der Waals surface area contributed by atoms with Gasteiger partial charge in [-0.15, -0.1) is 0 Å². The van der Waals surface area contributed by atoms with Gasteiger partial charge in [0.05, 0.1) is 18.2 Å². The molecular weight excluding hydrogens is 322 g/mol. The first kappa shape index (κ1) is 14.8. The zero-order valence-electron chi connectivity index (χ0n) is 14.1. The molecule has 3 heterocycles. The normalized spacial score (nSPS) is 18.6. The fourth-order valence-electron chi connectivity index (χ4n) is 3.80. The number of aromatic nitrogens is 5. The molecule has 1 aromatic carbocycles. The molecule has 1 aliphatic carbocycles. The molecule has 0 amide bonds. The fraction of sp³-hybridized carbons (Fsp3) is 0.0952. The van der Waals surface area contributed by atoms with E-state index < -0.39 is 0 Å². The number of benzene rings is 1. The van der Waals surface area contributed by atoms with Crippen molar-refractivity contribution in [3.8, 4) is 11.4 Å². The first-order valence-electron chi connectivity index (χ1n) is 8.58. The molecule has 4 aromatic rings. The molecule has 0 radical (unpaired) electrons. The maximum absolute atomic E-state index is 4.53. The fourth-order valence-corrected chi connectivity index (χ4v) is 3.80. The lowest BCUT2D eigenvalue weighted by Gasteiger charge is -2.34. The van der Waals surface area contributed by atoms with Crippen molar-refractivity contribution in [2.75, 3.05) is 0 Å². The summed E-state index contributed by atoms with van der Waals surface area (Å²) >= 11 is 0. The van der Waals surface area contributed by atoms with E-state index in [1.54, 1.807) is 12.5 Å². The van der Waals surface area contributed by atoms with E-state index in [0.717, 1.165) is 29.1 Å². The number of imidazole rings is 1. The van der Waals surface area contributed by atoms with Crippen LogP contribution in [0.5, 0.6) is 0 Å². The summed E-state index contributed by atoms with van der Waals surface area (Å²) in [6.45, 7) is 0. The van der Waals surface area contributed by atoms with Gasteiger partial charge in [0.2, 0.25) is 0 Å². The lowest BCUT2D eigenvalue weighted by molar-refractivity contribution is 0.619. The maximum atomic E-state index is 4.53. The van der Waals surface area contributed by atoms with Gasteiger partial charge in [0.25, 0.3) is 0 Å². The van der Waals surface area contributed by atoms with Crippen LogP contribution in [-0.2, 0) is 11.8 Å². The van der Waals surface area contributed by atoms with Crippen LogP contribution in [0.4, 0.5) is 0 Å². The van der Waals surface area contributed by atoms with Gasteiger partial charge in [-0.2, -0.15) is 5.10 Å². The number of nitrogens with one attached hydrogen (secondary N) is 2. The minimum Gasteiger partial charge on any atom is -0.343 e. The summed E-state index contributed by atoms with van der Waals surface area (Å²) in [7, 11) is 0. The zero-order valence-corrected chi connectivity index (χ0v) is 14.1. The number of allylic oxidation sites excluding steroid dienone is 1. The van der Waals surface area contributed by atoms with Crippen molar-refractivity contribution in [3.63, 3.8) is 0 Å². The first-order chi connectivity index (χ1) is 12.9. The third-order valence-corrected chi connectivity index (χ3v) is 5.11. The van der Waals surface area contributed by atoms with Gasteiger partial charge in [0.1, 0.15) is 5.69 Å². The molecule has 2 N–H and O–H groups in total. The summed E-state index contributed by atoms with van der Waals surface area (Å²) in [5, 5.41) is 7.78. The molecule has 26 heavy (non-hydrogen) atoms. The van der Waals surface area contributed by atoms with E-state index in [2.05, 4.69) is 73.7 Å². The predicted octanol–water partition coefficient (Wildman–Crippen LogP) is 3.75. The van der Waals surface area contributed by atoms with Crippen LogP contribution in [0.25, 0.3) is 17.5 Å². The van der Waals surface area contributed by atoms with Crippen LogP contribution in [0.2, 0.25) is 0 Å². The second kappa shape index (κ2) is 5.81. The molecule has 0 bridgehead atoms. The van der Waals surface area contributed by atoms with Crippen LogP contribution < -0.4 is 0 Å². The van der Waals surface area contributed by atoms with Crippen LogP contribution in [0.3, 0.4) is 0 Å². The summed E-state index contributed by atoms with van der Waals surface area (Å²) in [4.78, 5) is 11.4. The van der Waals surface area contributed by atoms with E-state index >= 15 is 0 Å². The second-order valence-corrected chi connectivity index (χ2v) is 6.51. The van der Waals surface area contributed by atoms with Crippen LogP contribution in [-0.4, -0.2) is 25.1 Å². The number of H-pyrrole nitrogens is 2. The molecule has 5 nitrogen and oxygen atoms in total. The van der Waals surface area contributed by atoms with Gasteiger partial charge in [0.15, 0.2) is 0 Å². The van der Waals surface area contributed by atoms with Crippen molar-refractivity contribution in [1.29, 1.82) is 0 Å². The SMILES string of the molecule is C1=CC(c2ccccc2)(c2ccncc2)Cc2[nH]nc(-c3cnc[nH]3)c21. The van der Waals surface area contributed by atoms with Crippen molar-refractivity contribution >= 4 is 6.08 Å². The van der Waals surface area contributed by atoms with Gasteiger partial charge < -0.3 is 4.98 Å². The Morgan fingerprint density at radius 1 is 0.923 bits per heavy atom. The first-order valence-corrected chi connectivity index (χ1v) is 8.58. The number of rotatable bonds is 3. The van der Waals surface area contributed by atoms with Gasteiger partial charge in [-0.1, -0.05) is 42.5 Å². The van der Waals surface area contributed by atoms with E-state index in [-0.39, 0.29) is 5.41 Å². The lowest BCUT2D eigenvalue weighted by Crippen LogP contribution is -2.30. The summed E-state index contributed by atoms with van der Waals surface area (Å²) in [6, 6.07) is 14.8. The Morgan fingerprint density at radius 2 is 1.73 bits per heavy atom. The van der Waals surface area contributed by atoms with Gasteiger partial charge in [-0.25, -0.2) is 4.98 Å². The van der Waals surface area contributed by atoms with E-state index in [9.17, 15) is 0 Å². The van der Waals surface area contributed by atoms with Crippen LogP contribution >= 0.6 is 0 Å². The minimum absolute atomic E-state index is 0.241. The molecule has 3 aromatic heterocycles. The number of aromatic amines is 2. The molecule has 0 spiro atoms. The van der Waals surface area contributed by atoms with E-state index in [4.69, 9.17) is 0 Å². The van der Waals surface area contributed by atoms with Crippen LogP contribution in [0.1, 0.15) is 22.4 Å². The van der Waals surface area contributed by atoms with Crippen molar-refractivity contribution in [2.24, 2.45) is 0 Å². The Hall–Kier alpha value is -3.47. The predicted molar refractivity (Wildman–Crippen MR) is 100 cm³/mol. The topological polar surface area (TPSA) is 70.2 Å². The molecule has 1 unspecified atom stereocenters. The quantitative estimate of drug-likeness (QED) is 0.597. The average Bonchev–Trinajstić information content (AvgIpc) is 3.38. The Bertz CT molecular complexity index is 1010. The highest BCUT2D eigenvalue weighted by Gasteiger charge is 2.36. The summed E-state index contributed by atoms with van der Waals surface area (Å²) in [6.07, 6.45) is 12.5. The number of pyridine rings is 1. The second-order valence-electron chi connectivity index (χ2n) is 6.51.